The number of hydrogen-bond acceptors (Lipinski definition) is 3. The van der Waals surface area contributed by atoms with Crippen LogP contribution in [0.3, 0.4) is 0 Å². The van der Waals surface area contributed by atoms with Gasteiger partial charge in [0.2, 0.25) is 0 Å². The van der Waals surface area contributed by atoms with Crippen molar-refractivity contribution in [2.75, 3.05) is 5.73 Å². The second-order valence-corrected chi connectivity index (χ2v) is 2.92. The molecule has 3 nitrogen and oxygen atoms in total. The van der Waals surface area contributed by atoms with Crippen molar-refractivity contribution in [2.24, 2.45) is 0 Å². The Morgan fingerprint density at radius 2 is 2.18 bits per heavy atom. The Labute approximate surface area is 72.2 Å². The van der Waals surface area contributed by atoms with E-state index in [1.807, 2.05) is 6.07 Å². The molecule has 0 aromatic heterocycles. The van der Waals surface area contributed by atoms with Crippen LogP contribution in [-0.2, 0) is 0 Å². The monoisotopic (exact) mass is 212 g/mol. The van der Waals surface area contributed by atoms with Gasteiger partial charge in [-0.25, -0.2) is 0 Å². The first kappa shape index (κ1) is 7.89. The highest BCUT2D eigenvalue weighted by Gasteiger charge is 2.04. The van der Waals surface area contributed by atoms with E-state index in [-0.39, 0.29) is 17.0 Å². The number of benzene rings is 1. The van der Waals surface area contributed by atoms with Gasteiger partial charge in [0.15, 0.2) is 5.75 Å². The first-order valence-electron chi connectivity index (χ1n) is 2.83. The summed E-state index contributed by atoms with van der Waals surface area (Å²) in [5, 5.41) is 17.6. The first-order valence-corrected chi connectivity index (χ1v) is 3.62. The number of phenols is 1. The summed E-state index contributed by atoms with van der Waals surface area (Å²) in [6, 6.07) is 4.86. The van der Waals surface area contributed by atoms with Crippen molar-refractivity contribution < 1.29 is 5.11 Å². The van der Waals surface area contributed by atoms with Crippen LogP contribution >= 0.6 is 15.9 Å². The fourth-order valence-electron chi connectivity index (χ4n) is 0.706. The minimum absolute atomic E-state index is 0.157. The maximum absolute atomic E-state index is 9.15. The Balaban J connectivity index is 3.39. The molecule has 0 saturated carbocycles. The molecular weight excluding hydrogens is 208 g/mol. The fraction of sp³-hybridized carbons (Fsp3) is 0. The van der Waals surface area contributed by atoms with Gasteiger partial charge in [0.25, 0.3) is 0 Å². The summed E-state index contributed by atoms with van der Waals surface area (Å²) in [6.07, 6.45) is 0. The van der Waals surface area contributed by atoms with Gasteiger partial charge in [-0.1, -0.05) is 15.9 Å². The Morgan fingerprint density at radius 1 is 1.55 bits per heavy atom. The Kier molecular flexibility index (Phi) is 2.01. The molecule has 0 aliphatic carbocycles. The van der Waals surface area contributed by atoms with Crippen molar-refractivity contribution in [2.45, 2.75) is 0 Å². The van der Waals surface area contributed by atoms with Crippen LogP contribution in [-0.4, -0.2) is 5.11 Å². The van der Waals surface area contributed by atoms with E-state index in [1.54, 1.807) is 0 Å². The van der Waals surface area contributed by atoms with Crippen molar-refractivity contribution in [3.8, 4) is 11.8 Å². The van der Waals surface area contributed by atoms with E-state index in [1.165, 1.54) is 12.1 Å². The van der Waals surface area contributed by atoms with Crippen LogP contribution in [0.5, 0.6) is 5.75 Å². The summed E-state index contributed by atoms with van der Waals surface area (Å²) >= 11 is 3.15. The molecule has 4 heteroatoms. The van der Waals surface area contributed by atoms with Gasteiger partial charge in [-0.3, -0.25) is 0 Å². The molecule has 1 aromatic rings. The third-order valence-electron chi connectivity index (χ3n) is 1.22. The van der Waals surface area contributed by atoms with Gasteiger partial charge in [-0.2, -0.15) is 5.26 Å². The highest BCUT2D eigenvalue weighted by molar-refractivity contribution is 9.10. The minimum Gasteiger partial charge on any atom is -0.504 e. The molecule has 0 aliphatic heterocycles. The minimum atomic E-state index is -0.157. The normalized spacial score (nSPS) is 9.09. The molecule has 11 heavy (non-hydrogen) atoms. The molecule has 0 atom stereocenters. The fourth-order valence-corrected chi connectivity index (χ4v) is 1.18. The van der Waals surface area contributed by atoms with Crippen molar-refractivity contribution in [3.63, 3.8) is 0 Å². The average molecular weight is 213 g/mol. The van der Waals surface area contributed by atoms with Crippen LogP contribution in [0.2, 0.25) is 0 Å². The van der Waals surface area contributed by atoms with Gasteiger partial charge in [-0.15, -0.1) is 0 Å². The molecule has 0 heterocycles. The number of phenolic OH excluding ortho intramolecular Hbond substituents is 1. The molecule has 3 N–H and O–H groups in total. The van der Waals surface area contributed by atoms with Gasteiger partial charge >= 0.3 is 0 Å². The predicted octanol–water partition coefficient (Wildman–Crippen LogP) is 1.61. The number of rotatable bonds is 0. The topological polar surface area (TPSA) is 70.0 Å². The number of anilines is 1. The molecule has 0 unspecified atom stereocenters. The lowest BCUT2D eigenvalue weighted by Crippen LogP contribution is -1.88. The zero-order valence-corrected chi connectivity index (χ0v) is 7.09. The van der Waals surface area contributed by atoms with Gasteiger partial charge in [0, 0.05) is 4.47 Å². The van der Waals surface area contributed by atoms with Crippen LogP contribution in [0.4, 0.5) is 5.69 Å². The Hall–Kier alpha value is -1.21. The second kappa shape index (κ2) is 2.81. The van der Waals surface area contributed by atoms with Crippen LogP contribution in [0.15, 0.2) is 16.6 Å². The summed E-state index contributed by atoms with van der Waals surface area (Å²) < 4.78 is 0.685. The van der Waals surface area contributed by atoms with Crippen LogP contribution in [0.1, 0.15) is 5.56 Å². The molecule has 0 fully saturated rings. The largest absolute Gasteiger partial charge is 0.504 e. The van der Waals surface area contributed by atoms with Crippen LogP contribution in [0, 0.1) is 11.3 Å². The molecule has 0 amide bonds. The van der Waals surface area contributed by atoms with Crippen molar-refractivity contribution in [1.82, 2.24) is 0 Å². The third-order valence-corrected chi connectivity index (χ3v) is 1.68. The van der Waals surface area contributed by atoms with Gasteiger partial charge in [-0.05, 0) is 12.1 Å². The predicted molar refractivity (Wildman–Crippen MR) is 44.9 cm³/mol. The van der Waals surface area contributed by atoms with E-state index in [0.717, 1.165) is 0 Å². The van der Waals surface area contributed by atoms with E-state index in [9.17, 15) is 0 Å². The third kappa shape index (κ3) is 1.44. The van der Waals surface area contributed by atoms with E-state index in [4.69, 9.17) is 16.1 Å². The number of halogens is 1. The van der Waals surface area contributed by atoms with Gasteiger partial charge in [0.1, 0.15) is 6.07 Å². The zero-order valence-electron chi connectivity index (χ0n) is 5.50. The molecule has 1 aromatic carbocycles. The Bertz CT molecular complexity index is 330. The summed E-state index contributed by atoms with van der Waals surface area (Å²) in [7, 11) is 0. The number of nitriles is 1. The van der Waals surface area contributed by atoms with E-state index < -0.39 is 0 Å². The van der Waals surface area contributed by atoms with E-state index in [0.29, 0.717) is 4.47 Å². The zero-order chi connectivity index (χ0) is 8.43. The maximum atomic E-state index is 9.15. The molecule has 0 bridgehead atoms. The van der Waals surface area contributed by atoms with Crippen molar-refractivity contribution in [3.05, 3.63) is 22.2 Å². The summed E-state index contributed by atoms with van der Waals surface area (Å²) in [5.41, 5.74) is 5.75. The quantitative estimate of drug-likeness (QED) is 0.508. The maximum Gasteiger partial charge on any atom is 0.156 e. The Morgan fingerprint density at radius 3 is 2.73 bits per heavy atom. The molecule has 56 valence electrons. The van der Waals surface area contributed by atoms with Gasteiger partial charge in [0.05, 0.1) is 11.3 Å². The number of nitrogens with zero attached hydrogens (tertiary/aromatic N) is 1. The first-order chi connectivity index (χ1) is 5.15. The number of nitrogen functional groups attached to an aromatic ring is 1. The summed E-state index contributed by atoms with van der Waals surface area (Å²) in [5.74, 6) is -0.157. The van der Waals surface area contributed by atoms with Crippen LogP contribution < -0.4 is 5.73 Å². The summed E-state index contributed by atoms with van der Waals surface area (Å²) in [4.78, 5) is 0. The van der Waals surface area contributed by atoms with Crippen LogP contribution in [0.25, 0.3) is 0 Å². The smallest absolute Gasteiger partial charge is 0.156 e. The standard InChI is InChI=1S/C7H5BrN2O/c8-5-1-4(3-9)7(11)6(10)2-5/h1-2,11H,10H2. The van der Waals surface area contributed by atoms with Gasteiger partial charge < -0.3 is 10.8 Å². The second-order valence-electron chi connectivity index (χ2n) is 2.00. The highest BCUT2D eigenvalue weighted by Crippen LogP contribution is 2.28. The SMILES string of the molecule is N#Cc1cc(Br)cc(N)c1O. The van der Waals surface area contributed by atoms with Crippen molar-refractivity contribution >= 4 is 21.6 Å². The molecule has 0 aliphatic rings. The average Bonchev–Trinajstić information content (AvgIpc) is 1.96. The lowest BCUT2D eigenvalue weighted by molar-refractivity contribution is 0.476. The molecule has 0 radical (unpaired) electrons. The number of hydrogen-bond donors (Lipinski definition) is 2. The lowest BCUT2D eigenvalue weighted by Gasteiger charge is -2.00. The number of nitrogens with two attached hydrogens (primary N) is 1. The van der Waals surface area contributed by atoms with E-state index in [2.05, 4.69) is 15.9 Å². The molecule has 0 spiro atoms. The lowest BCUT2D eigenvalue weighted by atomic mass is 10.2. The highest BCUT2D eigenvalue weighted by atomic mass is 79.9. The molecule has 1 rings (SSSR count). The van der Waals surface area contributed by atoms with Crippen molar-refractivity contribution in [1.29, 1.82) is 5.26 Å². The van der Waals surface area contributed by atoms with E-state index >= 15 is 0 Å². The summed E-state index contributed by atoms with van der Waals surface area (Å²) in [6.45, 7) is 0. The molecular formula is C7H5BrN2O. The number of aromatic hydroxyl groups is 1. The molecule has 0 saturated heterocycles.